The number of anilines is 1. The normalized spacial score (nSPS) is 12.4. The summed E-state index contributed by atoms with van der Waals surface area (Å²) < 4.78 is 86.3. The molecule has 10 nitrogen and oxygen atoms in total. The largest absolute Gasteiger partial charge is 1.00 e. The first kappa shape index (κ1) is 23.7. The molecule has 0 aliphatic rings. The van der Waals surface area contributed by atoms with Gasteiger partial charge in [0.1, 0.15) is 20.8 Å². The fourth-order valence-electron chi connectivity index (χ4n) is 1.99. The number of primary sulfonamides is 1. The number of furan rings is 1. The van der Waals surface area contributed by atoms with Gasteiger partial charge in [0.25, 0.3) is 0 Å². The summed E-state index contributed by atoms with van der Waals surface area (Å²) in [5.41, 5.74) is -0.390. The van der Waals surface area contributed by atoms with Gasteiger partial charge in [-0.3, -0.25) is 0 Å². The molecule has 2 rings (SSSR count). The van der Waals surface area contributed by atoms with E-state index in [-0.39, 0.29) is 63.6 Å². The van der Waals surface area contributed by atoms with E-state index in [0.717, 1.165) is 12.3 Å². The number of hydrogen-bond donors (Lipinski definition) is 2. The molecule has 1 heterocycles. The zero-order valence-corrected chi connectivity index (χ0v) is 19.2. The molecule has 0 saturated carbocycles. The van der Waals surface area contributed by atoms with Crippen molar-refractivity contribution in [3.8, 4) is 0 Å². The predicted molar refractivity (Wildman–Crippen MR) is 84.9 cm³/mol. The molecule has 138 valence electrons. The van der Waals surface area contributed by atoms with Gasteiger partial charge in [-0.25, -0.2) is 30.4 Å². The van der Waals surface area contributed by atoms with Crippen LogP contribution in [0.1, 0.15) is 5.76 Å². The van der Waals surface area contributed by atoms with Gasteiger partial charge < -0.3 is 14.3 Å². The second-order valence-corrected chi connectivity index (χ2v) is 9.86. The van der Waals surface area contributed by atoms with Gasteiger partial charge in [-0.1, -0.05) is 0 Å². The van der Waals surface area contributed by atoms with Gasteiger partial charge in [-0.2, -0.15) is 0 Å². The van der Waals surface area contributed by atoms with E-state index in [1.165, 1.54) is 6.26 Å². The van der Waals surface area contributed by atoms with Crippen molar-refractivity contribution < 1.29 is 85.6 Å². The Hall–Kier alpha value is -0.294. The van der Waals surface area contributed by atoms with E-state index < -0.39 is 44.7 Å². The van der Waals surface area contributed by atoms with Crippen LogP contribution in [-0.2, 0) is 36.5 Å². The van der Waals surface area contributed by atoms with E-state index in [0.29, 0.717) is 11.8 Å². The van der Waals surface area contributed by atoms with Crippen molar-refractivity contribution >= 4 is 35.7 Å². The smallest absolute Gasteiger partial charge is 0.744 e. The van der Waals surface area contributed by atoms with Crippen LogP contribution in [0, 0.1) is 0 Å². The summed E-state index contributed by atoms with van der Waals surface area (Å²) in [6.07, 6.45) is 2.08. The summed E-state index contributed by atoms with van der Waals surface area (Å²) in [5.74, 6) is 0.366. The van der Waals surface area contributed by atoms with E-state index in [9.17, 15) is 29.8 Å². The van der Waals surface area contributed by atoms with Gasteiger partial charge in [0.2, 0.25) is 10.0 Å². The monoisotopic (exact) mass is 448 g/mol. The Labute approximate surface area is 193 Å². The molecule has 1 aromatic heterocycles. The minimum atomic E-state index is -5.13. The molecule has 1 aromatic carbocycles. The number of benzene rings is 1. The first-order chi connectivity index (χ1) is 11.3. The minimum Gasteiger partial charge on any atom is -0.744 e. The van der Waals surface area contributed by atoms with Crippen LogP contribution in [0.15, 0.2) is 49.6 Å². The molecule has 0 bridgehead atoms. The molecule has 14 heteroatoms. The Morgan fingerprint density at radius 1 is 1.08 bits per heavy atom. The molecule has 0 radical (unpaired) electrons. The third kappa shape index (κ3) is 5.85. The quantitative estimate of drug-likeness (QED) is 0.341. The molecule has 0 saturated heterocycles. The van der Waals surface area contributed by atoms with Crippen molar-refractivity contribution in [1.29, 1.82) is 0 Å². The van der Waals surface area contributed by atoms with Crippen molar-refractivity contribution in [1.82, 2.24) is 0 Å². The van der Waals surface area contributed by atoms with Crippen molar-refractivity contribution in [2.24, 2.45) is 5.14 Å². The molecule has 0 atom stereocenters. The number of hydrogen-bond acceptors (Lipinski definition) is 9. The summed E-state index contributed by atoms with van der Waals surface area (Å²) in [5, 5.41) is 7.48. The Bertz CT molecular complexity index is 1110. The molecule has 0 unspecified atom stereocenters. The summed E-state index contributed by atoms with van der Waals surface area (Å²) in [6.45, 7) is -0.0759. The maximum absolute atomic E-state index is 11.9. The first-order valence-electron chi connectivity index (χ1n) is 6.43. The molecule has 0 aliphatic heterocycles. The fraction of sp³-hybridized carbons (Fsp3) is 0.167. The van der Waals surface area contributed by atoms with Gasteiger partial charge in [0, 0.05) is 6.26 Å². The Morgan fingerprint density at radius 3 is 2.12 bits per heavy atom. The Morgan fingerprint density at radius 2 is 1.69 bits per heavy atom. The second-order valence-electron chi connectivity index (χ2n) is 5.00. The van der Waals surface area contributed by atoms with Crippen LogP contribution in [0.4, 0.5) is 5.69 Å². The molecule has 3 N–H and O–H groups in total. The average molecular weight is 449 g/mol. The van der Waals surface area contributed by atoms with Gasteiger partial charge in [0.05, 0.1) is 28.3 Å². The standard InChI is InChI=1S/C12H14N2O8S3.K/c1-23(15,16)11-5-9(14-7-8-3-2-4-22-8)10(25(19,20)21)6-12(11)24(13,17)18;/h2-6,14H,7H2,1H3,(H2,13,17,18)(H,19,20,21);/q;+1/p-1. The maximum Gasteiger partial charge on any atom is 1.00 e. The van der Waals surface area contributed by atoms with Crippen molar-refractivity contribution in [3.63, 3.8) is 0 Å². The molecule has 0 aliphatic carbocycles. The summed E-state index contributed by atoms with van der Waals surface area (Å²) in [6, 6.07) is 4.28. The zero-order valence-electron chi connectivity index (χ0n) is 13.7. The number of sulfone groups is 1. The molecule has 2 aromatic rings. The van der Waals surface area contributed by atoms with Crippen molar-refractivity contribution in [2.45, 2.75) is 21.2 Å². The van der Waals surface area contributed by atoms with E-state index in [4.69, 9.17) is 9.56 Å². The minimum absolute atomic E-state index is 0. The molecular weight excluding hydrogens is 435 g/mol. The van der Waals surface area contributed by atoms with Crippen LogP contribution in [0.25, 0.3) is 0 Å². The topological polar surface area (TPSA) is 177 Å². The van der Waals surface area contributed by atoms with Crippen molar-refractivity contribution in [3.05, 3.63) is 36.3 Å². The van der Waals surface area contributed by atoms with Gasteiger partial charge in [0.15, 0.2) is 9.84 Å². The average Bonchev–Trinajstić information content (AvgIpc) is 2.94. The number of nitrogens with one attached hydrogen (secondary N) is 1. The van der Waals surface area contributed by atoms with Crippen LogP contribution >= 0.6 is 0 Å². The number of sulfonamides is 1. The third-order valence-electron chi connectivity index (χ3n) is 3.05. The van der Waals surface area contributed by atoms with E-state index in [1.54, 1.807) is 12.1 Å². The van der Waals surface area contributed by atoms with Crippen LogP contribution in [0.5, 0.6) is 0 Å². The van der Waals surface area contributed by atoms with Crippen LogP contribution in [0.3, 0.4) is 0 Å². The summed E-state index contributed by atoms with van der Waals surface area (Å²) in [4.78, 5) is -2.66. The Kier molecular flexibility index (Phi) is 7.65. The third-order valence-corrected chi connectivity index (χ3v) is 6.15. The number of nitrogens with two attached hydrogens (primary N) is 1. The summed E-state index contributed by atoms with van der Waals surface area (Å²) in [7, 11) is -13.8. The van der Waals surface area contributed by atoms with Gasteiger partial charge in [-0.15, -0.1) is 0 Å². The SMILES string of the molecule is CS(=O)(=O)c1cc(NCc2ccco2)c(S(=O)(=O)[O-])cc1S(N)(=O)=O.[K+]. The molecule has 0 spiro atoms. The van der Waals surface area contributed by atoms with Crippen molar-refractivity contribution in [2.75, 3.05) is 11.6 Å². The molecular formula is C12H13KN2O8S3. The predicted octanol–water partition coefficient (Wildman–Crippen LogP) is -3.15. The van der Waals surface area contributed by atoms with Gasteiger partial charge in [-0.05, 0) is 24.3 Å². The second kappa shape index (κ2) is 8.38. The van der Waals surface area contributed by atoms with E-state index in [2.05, 4.69) is 5.32 Å². The van der Waals surface area contributed by atoms with E-state index >= 15 is 0 Å². The number of rotatable bonds is 6. The summed E-state index contributed by atoms with van der Waals surface area (Å²) >= 11 is 0. The molecule has 0 fully saturated rings. The van der Waals surface area contributed by atoms with Crippen LogP contribution < -0.4 is 61.8 Å². The maximum atomic E-state index is 11.9. The molecule has 0 amide bonds. The molecule has 26 heavy (non-hydrogen) atoms. The van der Waals surface area contributed by atoms with E-state index in [1.807, 2.05) is 0 Å². The first-order valence-corrected chi connectivity index (χ1v) is 11.3. The fourth-order valence-corrected chi connectivity index (χ4v) is 4.91. The zero-order chi connectivity index (χ0) is 19.0. The van der Waals surface area contributed by atoms with Crippen LogP contribution in [-0.4, -0.2) is 36.1 Å². The Balaban J connectivity index is 0.00000338. The van der Waals surface area contributed by atoms with Gasteiger partial charge >= 0.3 is 51.4 Å². The van der Waals surface area contributed by atoms with Crippen LogP contribution in [0.2, 0.25) is 0 Å².